The minimum absolute atomic E-state index is 0.104. The number of amides is 3. The number of carbonyl (C=O) groups excluding carboxylic acids is 2. The molecule has 4 N–H and O–H groups in total. The molecule has 3 amide bonds. The average Bonchev–Trinajstić information content (AvgIpc) is 3.15. The molecule has 0 radical (unpaired) electrons. The Labute approximate surface area is 194 Å². The molecule has 0 saturated heterocycles. The lowest BCUT2D eigenvalue weighted by Gasteiger charge is -2.27. The largest absolute Gasteiger partial charge is 0.404 e. The number of likely N-dealkylation sites (N-methyl/N-ethyl adjacent to an activating group) is 1. The third-order valence-electron chi connectivity index (χ3n) is 4.73. The lowest BCUT2D eigenvalue weighted by Crippen LogP contribution is -2.44. The number of nitrogens with two attached hydrogens (primary N) is 1. The highest BCUT2D eigenvalue weighted by Crippen LogP contribution is 2.38. The maximum Gasteiger partial charge on any atom is 0.404 e. The van der Waals surface area contributed by atoms with Gasteiger partial charge in [-0.25, -0.2) is 18.6 Å². The fraction of sp³-hybridized carbons (Fsp3) is 0.286. The number of fused-ring (bicyclic) bond motifs is 1. The van der Waals surface area contributed by atoms with Crippen LogP contribution in [0, 0.1) is 5.82 Å². The first-order valence-electron chi connectivity index (χ1n) is 9.85. The van der Waals surface area contributed by atoms with E-state index in [4.69, 9.17) is 5.73 Å². The van der Waals surface area contributed by atoms with Crippen LogP contribution in [0.25, 0.3) is 10.2 Å². The van der Waals surface area contributed by atoms with E-state index in [-0.39, 0.29) is 17.2 Å². The van der Waals surface area contributed by atoms with Gasteiger partial charge in [-0.05, 0) is 42.0 Å². The van der Waals surface area contributed by atoms with Crippen molar-refractivity contribution in [1.82, 2.24) is 9.88 Å². The van der Waals surface area contributed by atoms with Crippen molar-refractivity contribution in [2.75, 3.05) is 30.9 Å². The van der Waals surface area contributed by atoms with E-state index in [1.54, 1.807) is 0 Å². The average molecular weight is 501 g/mol. The summed E-state index contributed by atoms with van der Waals surface area (Å²) in [5.74, 6) is -4.22. The molecule has 3 aromatic rings. The number of benzene rings is 2. The summed E-state index contributed by atoms with van der Waals surface area (Å²) in [4.78, 5) is 29.6. The fourth-order valence-corrected chi connectivity index (χ4v) is 4.06. The molecule has 0 unspecified atom stereocenters. The van der Waals surface area contributed by atoms with Gasteiger partial charge in [0, 0.05) is 19.3 Å². The molecule has 13 heteroatoms. The molecule has 1 heterocycles. The summed E-state index contributed by atoms with van der Waals surface area (Å²) in [7, 11) is 1.13. The van der Waals surface area contributed by atoms with Crippen LogP contribution in [0.3, 0.4) is 0 Å². The van der Waals surface area contributed by atoms with Crippen molar-refractivity contribution in [2.45, 2.75) is 18.1 Å². The number of carbonyl (C=O) groups is 2. The number of anilines is 2. The molecule has 0 fully saturated rings. The Bertz CT molecular complexity index is 1170. The molecule has 182 valence electrons. The molecule has 0 bridgehead atoms. The molecule has 0 spiro atoms. The second-order valence-electron chi connectivity index (χ2n) is 7.44. The molecule has 7 nitrogen and oxygen atoms in total. The molecule has 0 aliphatic rings. The molecule has 0 aliphatic heterocycles. The summed E-state index contributed by atoms with van der Waals surface area (Å²) in [5, 5.41) is 5.04. The number of nitrogens with zero attached hydrogens (tertiary/aromatic N) is 2. The second kappa shape index (κ2) is 10.3. The summed E-state index contributed by atoms with van der Waals surface area (Å²) >= 11 is 0.910. The van der Waals surface area contributed by atoms with Gasteiger partial charge in [-0.2, -0.15) is 13.2 Å². The zero-order valence-corrected chi connectivity index (χ0v) is 18.5. The Balaban J connectivity index is 1.80. The summed E-state index contributed by atoms with van der Waals surface area (Å²) in [6.07, 6.45) is -4.90. The zero-order chi connectivity index (χ0) is 25.0. The Morgan fingerprint density at radius 2 is 1.82 bits per heavy atom. The van der Waals surface area contributed by atoms with Crippen LogP contribution in [0.1, 0.15) is 11.5 Å². The first-order valence-corrected chi connectivity index (χ1v) is 10.7. The second-order valence-corrected chi connectivity index (χ2v) is 8.47. The molecular weight excluding hydrogens is 481 g/mol. The number of rotatable bonds is 7. The zero-order valence-electron chi connectivity index (χ0n) is 17.7. The van der Waals surface area contributed by atoms with Crippen molar-refractivity contribution in [3.8, 4) is 0 Å². The van der Waals surface area contributed by atoms with Gasteiger partial charge < -0.3 is 16.0 Å². The number of alkyl halides is 4. The normalized spacial score (nSPS) is 13.4. The van der Waals surface area contributed by atoms with Gasteiger partial charge in [0.05, 0.1) is 16.3 Å². The monoisotopic (exact) mass is 501 g/mol. The Kier molecular flexibility index (Phi) is 7.67. The Morgan fingerprint density at radius 3 is 2.44 bits per heavy atom. The fourth-order valence-electron chi connectivity index (χ4n) is 3.15. The van der Waals surface area contributed by atoms with Gasteiger partial charge in [-0.1, -0.05) is 17.4 Å². The first kappa shape index (κ1) is 25.3. The highest BCUT2D eigenvalue weighted by molar-refractivity contribution is 7.22. The number of aromatic nitrogens is 1. The van der Waals surface area contributed by atoms with E-state index >= 15 is 0 Å². The van der Waals surface area contributed by atoms with E-state index in [0.717, 1.165) is 41.5 Å². The summed E-state index contributed by atoms with van der Waals surface area (Å²) < 4.78 is 67.3. The third kappa shape index (κ3) is 6.17. The Hall–Kier alpha value is -3.32. The number of halogens is 5. The predicted molar refractivity (Wildman–Crippen MR) is 119 cm³/mol. The van der Waals surface area contributed by atoms with E-state index in [1.165, 1.54) is 24.3 Å². The van der Waals surface area contributed by atoms with Crippen LogP contribution >= 0.6 is 11.3 Å². The highest BCUT2D eigenvalue weighted by atomic mass is 32.1. The lowest BCUT2D eigenvalue weighted by molar-refractivity contribution is -0.171. The van der Waals surface area contributed by atoms with E-state index in [1.807, 2.05) is 0 Å². The lowest BCUT2D eigenvalue weighted by atomic mass is 9.96. The minimum Gasteiger partial charge on any atom is -0.343 e. The number of nitrogens with one attached hydrogen (secondary N) is 2. The smallest absolute Gasteiger partial charge is 0.343 e. The standard InChI is InChI=1S/C21H20F5N5O2S/c1-31(10-13(27)9-22)18(32)17(21(24,25)26)11-2-7-15-16(8-11)34-20(29-15)30-19(33)28-14-5-3-12(23)4-6-14/h2-8,13,17H,9-10,27H2,1H3,(H2,28,29,30,33)/t13-,17+/m0/s1. The number of hydrogen-bond acceptors (Lipinski definition) is 5. The van der Waals surface area contributed by atoms with Gasteiger partial charge in [0.25, 0.3) is 0 Å². The van der Waals surface area contributed by atoms with Gasteiger partial charge >= 0.3 is 12.2 Å². The molecule has 0 aliphatic carbocycles. The van der Waals surface area contributed by atoms with Crippen LogP contribution in [0.5, 0.6) is 0 Å². The SMILES string of the molecule is CN(C[C@@H](N)CF)C(=O)[C@@H](c1ccc2nc(NC(=O)Nc3ccc(F)cc3)sc2c1)C(F)(F)F. The van der Waals surface area contributed by atoms with Crippen LogP contribution in [0.15, 0.2) is 42.5 Å². The van der Waals surface area contributed by atoms with Crippen molar-refractivity contribution in [1.29, 1.82) is 0 Å². The van der Waals surface area contributed by atoms with Gasteiger partial charge in [0.1, 0.15) is 12.5 Å². The number of urea groups is 1. The molecule has 34 heavy (non-hydrogen) atoms. The molecule has 2 atom stereocenters. The molecule has 0 saturated carbocycles. The van der Waals surface area contributed by atoms with Crippen LogP contribution in [0.2, 0.25) is 0 Å². The van der Waals surface area contributed by atoms with Crippen LogP contribution in [0.4, 0.5) is 37.6 Å². The predicted octanol–water partition coefficient (Wildman–Crippen LogP) is 4.48. The van der Waals surface area contributed by atoms with E-state index in [9.17, 15) is 31.5 Å². The summed E-state index contributed by atoms with van der Waals surface area (Å²) in [6, 6.07) is 6.87. The highest BCUT2D eigenvalue weighted by Gasteiger charge is 2.47. The molecular formula is C21H20F5N5O2S. The van der Waals surface area contributed by atoms with E-state index in [2.05, 4.69) is 15.6 Å². The molecule has 3 rings (SSSR count). The van der Waals surface area contributed by atoms with Crippen molar-refractivity contribution < 1.29 is 31.5 Å². The van der Waals surface area contributed by atoms with Gasteiger partial charge in [0.15, 0.2) is 11.0 Å². The third-order valence-corrected chi connectivity index (χ3v) is 5.66. The van der Waals surface area contributed by atoms with Crippen molar-refractivity contribution >= 4 is 44.3 Å². The van der Waals surface area contributed by atoms with Gasteiger partial charge in [0.2, 0.25) is 5.91 Å². The first-order chi connectivity index (χ1) is 16.0. The maximum atomic E-state index is 13.8. The number of thiazole rings is 1. The van der Waals surface area contributed by atoms with Crippen LogP contribution < -0.4 is 16.4 Å². The summed E-state index contributed by atoms with van der Waals surface area (Å²) in [5.41, 5.74) is 5.73. The van der Waals surface area contributed by atoms with Crippen molar-refractivity contribution in [3.05, 3.63) is 53.8 Å². The van der Waals surface area contributed by atoms with Gasteiger partial charge in [-0.15, -0.1) is 0 Å². The van der Waals surface area contributed by atoms with Gasteiger partial charge in [-0.3, -0.25) is 10.1 Å². The van der Waals surface area contributed by atoms with Crippen LogP contribution in [-0.2, 0) is 4.79 Å². The van der Waals surface area contributed by atoms with E-state index < -0.39 is 42.6 Å². The van der Waals surface area contributed by atoms with E-state index in [0.29, 0.717) is 15.9 Å². The minimum atomic E-state index is -4.90. The van der Waals surface area contributed by atoms with Crippen molar-refractivity contribution in [2.24, 2.45) is 5.73 Å². The maximum absolute atomic E-state index is 13.8. The topological polar surface area (TPSA) is 100 Å². The molecule has 1 aromatic heterocycles. The number of hydrogen-bond donors (Lipinski definition) is 3. The van der Waals surface area contributed by atoms with Crippen molar-refractivity contribution in [3.63, 3.8) is 0 Å². The Morgan fingerprint density at radius 1 is 1.15 bits per heavy atom. The quantitative estimate of drug-likeness (QED) is 0.416. The van der Waals surface area contributed by atoms with Crippen LogP contribution in [-0.4, -0.2) is 54.3 Å². The summed E-state index contributed by atoms with van der Waals surface area (Å²) in [6.45, 7) is -1.35. The molecule has 2 aromatic carbocycles.